The van der Waals surface area contributed by atoms with Gasteiger partial charge >= 0.3 is 0 Å². The van der Waals surface area contributed by atoms with E-state index in [4.69, 9.17) is 16.3 Å². The van der Waals surface area contributed by atoms with Gasteiger partial charge in [-0.1, -0.05) is 18.5 Å². The van der Waals surface area contributed by atoms with E-state index in [1.54, 1.807) is 29.7 Å². The van der Waals surface area contributed by atoms with E-state index in [2.05, 4.69) is 10.2 Å². The molecule has 0 radical (unpaired) electrons. The highest BCUT2D eigenvalue weighted by Gasteiger charge is 2.27. The first-order valence-corrected chi connectivity index (χ1v) is 6.85. The smallest absolute Gasteiger partial charge is 0.163 e. The van der Waals surface area contributed by atoms with Crippen LogP contribution < -0.4 is 4.74 Å². The summed E-state index contributed by atoms with van der Waals surface area (Å²) in [6.07, 6.45) is 1.60. The van der Waals surface area contributed by atoms with Gasteiger partial charge in [0, 0.05) is 19.2 Å². The molecule has 0 aromatic carbocycles. The van der Waals surface area contributed by atoms with E-state index in [9.17, 15) is 5.11 Å². The molecule has 2 aromatic heterocycles. The second-order valence-electron chi connectivity index (χ2n) is 4.64. The lowest BCUT2D eigenvalue weighted by Gasteiger charge is -2.15. The van der Waals surface area contributed by atoms with Gasteiger partial charge in [-0.25, -0.2) is 0 Å². The maximum Gasteiger partial charge on any atom is 0.163 e. The fourth-order valence-electron chi connectivity index (χ4n) is 2.29. The molecule has 0 spiro atoms. The number of halogens is 1. The van der Waals surface area contributed by atoms with Gasteiger partial charge in [-0.15, -0.1) is 0 Å². The highest BCUT2D eigenvalue weighted by molar-refractivity contribution is 6.30. The summed E-state index contributed by atoms with van der Waals surface area (Å²) in [6.45, 7) is 4.57. The number of hydrogen-bond acceptors (Lipinski definition) is 4. The molecule has 0 aliphatic carbocycles. The summed E-state index contributed by atoms with van der Waals surface area (Å²) in [5.41, 5.74) is 1.88. The molecular weight excluding hydrogens is 280 g/mol. The third-order valence-electron chi connectivity index (χ3n) is 3.23. The van der Waals surface area contributed by atoms with Crippen molar-refractivity contribution in [2.45, 2.75) is 32.9 Å². The van der Waals surface area contributed by atoms with E-state index in [1.165, 1.54) is 0 Å². The second kappa shape index (κ2) is 5.85. The van der Waals surface area contributed by atoms with E-state index in [1.807, 2.05) is 13.8 Å². The Morgan fingerprint density at radius 2 is 2.20 bits per heavy atom. The molecule has 0 fully saturated rings. The molecule has 2 aromatic rings. The molecule has 20 heavy (non-hydrogen) atoms. The van der Waals surface area contributed by atoms with Gasteiger partial charge in [-0.05, 0) is 13.3 Å². The van der Waals surface area contributed by atoms with Gasteiger partial charge in [-0.3, -0.25) is 9.36 Å². The molecule has 0 saturated heterocycles. The first-order chi connectivity index (χ1) is 9.51. The van der Waals surface area contributed by atoms with Crippen LogP contribution in [0.4, 0.5) is 0 Å². The highest BCUT2D eigenvalue weighted by atomic mass is 35.5. The number of aliphatic hydroxyl groups is 1. The van der Waals surface area contributed by atoms with Crippen LogP contribution in [0.1, 0.15) is 36.4 Å². The molecule has 2 rings (SSSR count). The molecule has 0 aliphatic heterocycles. The Morgan fingerprint density at radius 1 is 1.50 bits per heavy atom. The van der Waals surface area contributed by atoms with Crippen LogP contribution in [0.5, 0.6) is 5.75 Å². The van der Waals surface area contributed by atoms with Crippen molar-refractivity contribution in [1.29, 1.82) is 0 Å². The lowest BCUT2D eigenvalue weighted by atomic mass is 10.1. The molecule has 7 heteroatoms. The van der Waals surface area contributed by atoms with E-state index in [-0.39, 0.29) is 0 Å². The van der Waals surface area contributed by atoms with Crippen molar-refractivity contribution < 1.29 is 9.84 Å². The van der Waals surface area contributed by atoms with Crippen molar-refractivity contribution >= 4 is 11.6 Å². The monoisotopic (exact) mass is 298 g/mol. The summed E-state index contributed by atoms with van der Waals surface area (Å²) in [6, 6.07) is 0. The van der Waals surface area contributed by atoms with Crippen LogP contribution in [-0.4, -0.2) is 31.8 Å². The van der Waals surface area contributed by atoms with Crippen molar-refractivity contribution in [3.63, 3.8) is 0 Å². The number of nitrogens with zero attached hydrogens (tertiary/aromatic N) is 4. The minimum absolute atomic E-state index is 0.418. The van der Waals surface area contributed by atoms with Crippen LogP contribution in [-0.2, 0) is 13.6 Å². The topological polar surface area (TPSA) is 65.1 Å². The van der Waals surface area contributed by atoms with Crippen molar-refractivity contribution in [2.24, 2.45) is 7.05 Å². The lowest BCUT2D eigenvalue weighted by Crippen LogP contribution is -2.12. The number of methoxy groups -OCH3 is 1. The minimum Gasteiger partial charge on any atom is -0.493 e. The van der Waals surface area contributed by atoms with Crippen molar-refractivity contribution in [3.05, 3.63) is 28.3 Å². The number of aromatic nitrogens is 4. The molecule has 2 heterocycles. The summed E-state index contributed by atoms with van der Waals surface area (Å²) >= 11 is 6.22. The van der Waals surface area contributed by atoms with Gasteiger partial charge < -0.3 is 9.84 Å². The molecule has 0 saturated carbocycles. The third kappa shape index (κ3) is 2.41. The van der Waals surface area contributed by atoms with Crippen LogP contribution in [0.15, 0.2) is 6.20 Å². The average Bonchev–Trinajstić information content (AvgIpc) is 2.91. The molecule has 6 nitrogen and oxygen atoms in total. The van der Waals surface area contributed by atoms with Crippen molar-refractivity contribution in [1.82, 2.24) is 19.6 Å². The van der Waals surface area contributed by atoms with E-state index in [0.717, 1.165) is 6.42 Å². The number of hydrogen-bond donors (Lipinski definition) is 1. The Morgan fingerprint density at radius 3 is 2.70 bits per heavy atom. The number of aliphatic hydroxyl groups excluding tert-OH is 1. The predicted molar refractivity (Wildman–Crippen MR) is 76.1 cm³/mol. The van der Waals surface area contributed by atoms with Crippen LogP contribution in [0.3, 0.4) is 0 Å². The largest absolute Gasteiger partial charge is 0.493 e. The van der Waals surface area contributed by atoms with Crippen LogP contribution >= 0.6 is 11.6 Å². The Balaban J connectivity index is 2.52. The number of aryl methyl sites for hydroxylation is 3. The molecular formula is C13H19ClN4O2. The summed E-state index contributed by atoms with van der Waals surface area (Å²) in [5, 5.41) is 19.6. The molecule has 1 atom stereocenters. The van der Waals surface area contributed by atoms with Crippen LogP contribution in [0.25, 0.3) is 0 Å². The van der Waals surface area contributed by atoms with E-state index >= 15 is 0 Å². The normalized spacial score (nSPS) is 12.7. The third-order valence-corrected chi connectivity index (χ3v) is 3.68. The molecule has 110 valence electrons. The van der Waals surface area contributed by atoms with E-state index in [0.29, 0.717) is 34.4 Å². The quantitative estimate of drug-likeness (QED) is 0.918. The van der Waals surface area contributed by atoms with Gasteiger partial charge in [-0.2, -0.15) is 10.2 Å². The summed E-state index contributed by atoms with van der Waals surface area (Å²) in [4.78, 5) is 0. The molecule has 0 bridgehead atoms. The lowest BCUT2D eigenvalue weighted by molar-refractivity contribution is 0.201. The van der Waals surface area contributed by atoms with Crippen molar-refractivity contribution in [2.75, 3.05) is 7.11 Å². The number of rotatable bonds is 5. The zero-order valence-corrected chi connectivity index (χ0v) is 12.8. The van der Waals surface area contributed by atoms with Gasteiger partial charge in [0.2, 0.25) is 0 Å². The fraction of sp³-hybridized carbons (Fsp3) is 0.538. The van der Waals surface area contributed by atoms with Crippen LogP contribution in [0.2, 0.25) is 5.15 Å². The average molecular weight is 299 g/mol. The van der Waals surface area contributed by atoms with Gasteiger partial charge in [0.05, 0.1) is 19.0 Å². The maximum absolute atomic E-state index is 10.7. The van der Waals surface area contributed by atoms with Gasteiger partial charge in [0.15, 0.2) is 5.75 Å². The van der Waals surface area contributed by atoms with Crippen LogP contribution in [0, 0.1) is 6.92 Å². The summed E-state index contributed by atoms with van der Waals surface area (Å²) in [5.74, 6) is 0.547. The Labute approximate surface area is 122 Å². The van der Waals surface area contributed by atoms with Gasteiger partial charge in [0.1, 0.15) is 17.0 Å². The zero-order chi connectivity index (χ0) is 14.9. The molecule has 1 unspecified atom stereocenters. The van der Waals surface area contributed by atoms with E-state index < -0.39 is 6.10 Å². The standard InChI is InChI=1S/C13H19ClN4O2/c1-5-6-18-11(9(20-4)7-15-18)12(19)10-8(2)16-17(3)13(10)14/h7,12,19H,5-6H2,1-4H3. The Hall–Kier alpha value is -1.53. The molecule has 0 amide bonds. The Kier molecular flexibility index (Phi) is 4.35. The van der Waals surface area contributed by atoms with Crippen molar-refractivity contribution in [3.8, 4) is 5.75 Å². The molecule has 1 N–H and O–H groups in total. The second-order valence-corrected chi connectivity index (χ2v) is 5.00. The minimum atomic E-state index is -0.916. The predicted octanol–water partition coefficient (Wildman–Crippen LogP) is 2.08. The summed E-state index contributed by atoms with van der Waals surface area (Å²) < 4.78 is 8.57. The maximum atomic E-state index is 10.7. The summed E-state index contributed by atoms with van der Waals surface area (Å²) in [7, 11) is 3.30. The molecule has 0 aliphatic rings. The first kappa shape index (κ1) is 14.9. The highest BCUT2D eigenvalue weighted by Crippen LogP contribution is 2.35. The number of ether oxygens (including phenoxy) is 1. The zero-order valence-electron chi connectivity index (χ0n) is 12.1. The fourth-order valence-corrected chi connectivity index (χ4v) is 2.57. The SMILES string of the molecule is CCCn1ncc(OC)c1C(O)c1c(C)nn(C)c1Cl. The van der Waals surface area contributed by atoms with Gasteiger partial charge in [0.25, 0.3) is 0 Å². The first-order valence-electron chi connectivity index (χ1n) is 6.48. The Bertz CT molecular complexity index is 606.